The van der Waals surface area contributed by atoms with E-state index in [1.54, 1.807) is 44.2 Å². The van der Waals surface area contributed by atoms with Crippen LogP contribution in [-0.4, -0.2) is 31.8 Å². The van der Waals surface area contributed by atoms with Gasteiger partial charge in [-0.1, -0.05) is 6.07 Å². The molecular formula is C21H18O7. The number of ether oxygens (including phenoxy) is 5. The van der Waals surface area contributed by atoms with Gasteiger partial charge in [0.05, 0.1) is 12.2 Å². The number of esters is 1. The number of benzene rings is 2. The number of ketones is 1. The zero-order valence-electron chi connectivity index (χ0n) is 15.4. The third-order valence-corrected chi connectivity index (χ3v) is 4.30. The third kappa shape index (κ3) is 3.38. The van der Waals surface area contributed by atoms with Crippen LogP contribution in [0, 0.1) is 6.92 Å². The zero-order chi connectivity index (χ0) is 19.7. The summed E-state index contributed by atoms with van der Waals surface area (Å²) in [5.74, 6) is 1.67. The minimum Gasteiger partial charge on any atom is -0.482 e. The molecule has 2 aromatic rings. The van der Waals surface area contributed by atoms with Gasteiger partial charge in [0.15, 0.2) is 23.9 Å². The molecule has 0 N–H and O–H groups in total. The first kappa shape index (κ1) is 17.9. The summed E-state index contributed by atoms with van der Waals surface area (Å²) < 4.78 is 26.7. The van der Waals surface area contributed by atoms with Gasteiger partial charge in [-0.2, -0.15) is 0 Å². The highest BCUT2D eigenvalue weighted by Crippen LogP contribution is 2.38. The van der Waals surface area contributed by atoms with Crippen molar-refractivity contribution in [3.05, 3.63) is 52.8 Å². The molecule has 0 spiro atoms. The van der Waals surface area contributed by atoms with Crippen molar-refractivity contribution in [2.75, 3.05) is 20.0 Å². The van der Waals surface area contributed by atoms with Crippen molar-refractivity contribution in [3.8, 4) is 23.0 Å². The number of carbonyl (C=O) groups is 2. The molecule has 7 heteroatoms. The lowest BCUT2D eigenvalue weighted by atomic mass is 10.0. The number of rotatable bonds is 5. The number of fused-ring (bicyclic) bond motifs is 2. The number of allylic oxidation sites excluding steroid dienone is 1. The minimum atomic E-state index is -0.457. The monoisotopic (exact) mass is 382 g/mol. The molecule has 0 saturated heterocycles. The first-order chi connectivity index (χ1) is 13.5. The second kappa shape index (κ2) is 7.26. The van der Waals surface area contributed by atoms with Crippen molar-refractivity contribution in [3.63, 3.8) is 0 Å². The highest BCUT2D eigenvalue weighted by Gasteiger charge is 2.30. The van der Waals surface area contributed by atoms with Gasteiger partial charge >= 0.3 is 5.97 Å². The quantitative estimate of drug-likeness (QED) is 0.580. The van der Waals surface area contributed by atoms with E-state index in [9.17, 15) is 9.59 Å². The van der Waals surface area contributed by atoms with Crippen molar-refractivity contribution < 1.29 is 33.3 Å². The van der Waals surface area contributed by atoms with E-state index >= 15 is 0 Å². The molecule has 144 valence electrons. The average Bonchev–Trinajstić information content (AvgIpc) is 3.25. The Bertz CT molecular complexity index is 990. The second-order valence-electron chi connectivity index (χ2n) is 6.26. The normalized spacial score (nSPS) is 15.4. The van der Waals surface area contributed by atoms with E-state index in [-0.39, 0.29) is 31.5 Å². The molecule has 0 aromatic heterocycles. The molecule has 2 aliphatic heterocycles. The molecule has 2 heterocycles. The number of Topliss-reactive ketones (excluding diaryl/α,β-unsaturated/α-hetero) is 1. The minimum absolute atomic E-state index is 0.185. The van der Waals surface area contributed by atoms with Gasteiger partial charge in [0, 0.05) is 6.07 Å². The Balaban J connectivity index is 1.56. The third-order valence-electron chi connectivity index (χ3n) is 4.30. The van der Waals surface area contributed by atoms with Crippen LogP contribution < -0.4 is 18.9 Å². The molecule has 0 atom stereocenters. The van der Waals surface area contributed by atoms with Crippen LogP contribution in [0.2, 0.25) is 0 Å². The van der Waals surface area contributed by atoms with Crippen LogP contribution >= 0.6 is 0 Å². The lowest BCUT2D eigenvalue weighted by molar-refractivity contribution is -0.145. The van der Waals surface area contributed by atoms with Gasteiger partial charge in [0.2, 0.25) is 12.6 Å². The second-order valence-corrected chi connectivity index (χ2v) is 6.26. The average molecular weight is 382 g/mol. The summed E-state index contributed by atoms with van der Waals surface area (Å²) in [6.45, 7) is 3.78. The molecule has 0 radical (unpaired) electrons. The first-order valence-electron chi connectivity index (χ1n) is 8.82. The molecule has 0 fully saturated rings. The molecule has 2 aromatic carbocycles. The van der Waals surface area contributed by atoms with Gasteiger partial charge in [-0.05, 0) is 49.2 Å². The summed E-state index contributed by atoms with van der Waals surface area (Å²) in [6, 6.07) is 8.69. The van der Waals surface area contributed by atoms with Gasteiger partial charge in [0.1, 0.15) is 11.5 Å². The van der Waals surface area contributed by atoms with Crippen LogP contribution in [0.5, 0.6) is 23.0 Å². The molecular weight excluding hydrogens is 364 g/mol. The Kier molecular flexibility index (Phi) is 4.65. The lowest BCUT2D eigenvalue weighted by Gasteiger charge is -2.08. The summed E-state index contributed by atoms with van der Waals surface area (Å²) in [5.41, 5.74) is 1.95. The predicted octanol–water partition coefficient (Wildman–Crippen LogP) is 3.28. The van der Waals surface area contributed by atoms with Gasteiger partial charge in [-0.25, -0.2) is 4.79 Å². The smallest absolute Gasteiger partial charge is 0.344 e. The highest BCUT2D eigenvalue weighted by molar-refractivity contribution is 6.15. The number of hydrogen-bond acceptors (Lipinski definition) is 7. The summed E-state index contributed by atoms with van der Waals surface area (Å²) >= 11 is 0. The van der Waals surface area contributed by atoms with Gasteiger partial charge in [-0.3, -0.25) is 4.79 Å². The van der Waals surface area contributed by atoms with E-state index in [2.05, 4.69) is 0 Å². The summed E-state index contributed by atoms with van der Waals surface area (Å²) in [4.78, 5) is 24.2. The molecule has 0 amide bonds. The molecule has 4 rings (SSSR count). The van der Waals surface area contributed by atoms with E-state index in [1.807, 2.05) is 6.07 Å². The van der Waals surface area contributed by atoms with E-state index in [0.29, 0.717) is 34.1 Å². The summed E-state index contributed by atoms with van der Waals surface area (Å²) in [7, 11) is 0. The molecule has 7 nitrogen and oxygen atoms in total. The molecule has 0 saturated carbocycles. The SMILES string of the molecule is CCOC(=O)COc1cc(C)c2c(c1)O/C(=C\c1ccc3c(c1)OCO3)C2=O. The Morgan fingerprint density at radius 3 is 2.79 bits per heavy atom. The predicted molar refractivity (Wildman–Crippen MR) is 98.8 cm³/mol. The fraction of sp³-hybridized carbons (Fsp3) is 0.238. The first-order valence-corrected chi connectivity index (χ1v) is 8.82. The Labute approximate surface area is 161 Å². The number of aryl methyl sites for hydroxylation is 1. The standard InChI is InChI=1S/C21H18O7/c1-3-24-19(22)10-25-14-6-12(2)20-17(9-14)28-18(21(20)23)8-13-4-5-15-16(7-13)27-11-26-15/h4-9H,3,10-11H2,1-2H3/b18-8-. The van der Waals surface area contributed by atoms with Crippen molar-refractivity contribution in [1.29, 1.82) is 0 Å². The fourth-order valence-electron chi connectivity index (χ4n) is 3.06. The van der Waals surface area contributed by atoms with Crippen LogP contribution in [-0.2, 0) is 9.53 Å². The van der Waals surface area contributed by atoms with Gasteiger partial charge < -0.3 is 23.7 Å². The summed E-state index contributed by atoms with van der Waals surface area (Å²) in [6.07, 6.45) is 1.66. The fourth-order valence-corrected chi connectivity index (χ4v) is 3.06. The van der Waals surface area contributed by atoms with Crippen molar-refractivity contribution >= 4 is 17.8 Å². The van der Waals surface area contributed by atoms with Crippen LogP contribution in [0.15, 0.2) is 36.1 Å². The Morgan fingerprint density at radius 2 is 1.96 bits per heavy atom. The molecule has 0 bridgehead atoms. The van der Waals surface area contributed by atoms with E-state index in [4.69, 9.17) is 23.7 Å². The Hall–Kier alpha value is -3.48. The van der Waals surface area contributed by atoms with Crippen molar-refractivity contribution in [2.45, 2.75) is 13.8 Å². The maximum atomic E-state index is 12.8. The molecule has 0 aliphatic carbocycles. The van der Waals surface area contributed by atoms with Crippen LogP contribution in [0.1, 0.15) is 28.4 Å². The maximum Gasteiger partial charge on any atom is 0.344 e. The van der Waals surface area contributed by atoms with E-state index in [1.165, 1.54) is 0 Å². The Morgan fingerprint density at radius 1 is 1.14 bits per heavy atom. The molecule has 28 heavy (non-hydrogen) atoms. The van der Waals surface area contributed by atoms with Crippen molar-refractivity contribution in [2.24, 2.45) is 0 Å². The topological polar surface area (TPSA) is 80.3 Å². The van der Waals surface area contributed by atoms with Gasteiger partial charge in [-0.15, -0.1) is 0 Å². The lowest BCUT2D eigenvalue weighted by Crippen LogP contribution is -2.14. The van der Waals surface area contributed by atoms with E-state index in [0.717, 1.165) is 5.56 Å². The largest absolute Gasteiger partial charge is 0.482 e. The van der Waals surface area contributed by atoms with Gasteiger partial charge in [0.25, 0.3) is 0 Å². The van der Waals surface area contributed by atoms with Crippen molar-refractivity contribution in [1.82, 2.24) is 0 Å². The number of carbonyl (C=O) groups excluding carboxylic acids is 2. The molecule has 0 unspecified atom stereocenters. The van der Waals surface area contributed by atoms with Crippen LogP contribution in [0.3, 0.4) is 0 Å². The van der Waals surface area contributed by atoms with Crippen LogP contribution in [0.4, 0.5) is 0 Å². The highest BCUT2D eigenvalue weighted by atomic mass is 16.7. The summed E-state index contributed by atoms with van der Waals surface area (Å²) in [5, 5.41) is 0. The van der Waals surface area contributed by atoms with Crippen LogP contribution in [0.25, 0.3) is 6.08 Å². The van der Waals surface area contributed by atoms with E-state index < -0.39 is 5.97 Å². The molecule has 2 aliphatic rings. The maximum absolute atomic E-state index is 12.8. The number of hydrogen-bond donors (Lipinski definition) is 0. The zero-order valence-corrected chi connectivity index (χ0v) is 15.4.